The van der Waals surface area contributed by atoms with Crippen molar-refractivity contribution < 1.29 is 32.2 Å². The van der Waals surface area contributed by atoms with Crippen LogP contribution >= 0.6 is 11.8 Å². The van der Waals surface area contributed by atoms with E-state index in [2.05, 4.69) is 5.32 Å². The number of carbonyl (C=O) groups is 2. The normalized spacial score (nSPS) is 12.2. The number of carbonyl (C=O) groups excluding carboxylic acids is 2. The van der Waals surface area contributed by atoms with Crippen molar-refractivity contribution in [3.8, 4) is 5.75 Å². The summed E-state index contributed by atoms with van der Waals surface area (Å²) in [5.41, 5.74) is -1.37. The summed E-state index contributed by atoms with van der Waals surface area (Å²) >= 11 is 1.20. The first-order valence-electron chi connectivity index (χ1n) is 8.14. The van der Waals surface area contributed by atoms with E-state index in [1.165, 1.54) is 30.8 Å². The lowest BCUT2D eigenvalue weighted by molar-refractivity contribution is -0.150. The number of rotatable bonds is 7. The number of alkyl halides is 3. The third-order valence-corrected chi connectivity index (χ3v) is 4.57. The maximum absolute atomic E-state index is 13.0. The molecule has 5 nitrogen and oxygen atoms in total. The van der Waals surface area contributed by atoms with E-state index in [0.29, 0.717) is 5.75 Å². The van der Waals surface area contributed by atoms with Gasteiger partial charge in [-0.05, 0) is 43.3 Å². The highest BCUT2D eigenvalue weighted by atomic mass is 32.2. The van der Waals surface area contributed by atoms with Crippen LogP contribution in [0, 0.1) is 0 Å². The molecule has 1 amide bonds. The quantitative estimate of drug-likeness (QED) is 0.539. The molecule has 0 bridgehead atoms. The Bertz CT molecular complexity index is 825. The average Bonchev–Trinajstić information content (AvgIpc) is 2.66. The SMILES string of the molecule is COc1ccc(SCC(=O)O[C@H](C)C(=O)Nc2ccccc2C(F)(F)F)cc1. The third kappa shape index (κ3) is 6.19. The van der Waals surface area contributed by atoms with Crippen LogP contribution in [0.15, 0.2) is 53.4 Å². The van der Waals surface area contributed by atoms with Crippen LogP contribution in [-0.4, -0.2) is 30.8 Å². The Labute approximate surface area is 164 Å². The van der Waals surface area contributed by atoms with Crippen molar-refractivity contribution in [2.24, 2.45) is 0 Å². The van der Waals surface area contributed by atoms with Gasteiger partial charge >= 0.3 is 12.1 Å². The van der Waals surface area contributed by atoms with Gasteiger partial charge in [0.2, 0.25) is 0 Å². The lowest BCUT2D eigenvalue weighted by Gasteiger charge is -2.16. The molecule has 0 spiro atoms. The first-order chi connectivity index (χ1) is 13.2. The third-order valence-electron chi connectivity index (χ3n) is 3.58. The molecular weight excluding hydrogens is 395 g/mol. The predicted octanol–water partition coefficient (Wildman–Crippen LogP) is 4.38. The number of halogens is 3. The number of anilines is 1. The summed E-state index contributed by atoms with van der Waals surface area (Å²) < 4.78 is 49.0. The van der Waals surface area contributed by atoms with E-state index >= 15 is 0 Å². The second-order valence-electron chi connectivity index (χ2n) is 5.63. The van der Waals surface area contributed by atoms with E-state index in [0.717, 1.165) is 17.0 Å². The van der Waals surface area contributed by atoms with E-state index in [1.807, 2.05) is 0 Å². The summed E-state index contributed by atoms with van der Waals surface area (Å²) in [6.07, 6.45) is -5.86. The van der Waals surface area contributed by atoms with Crippen molar-refractivity contribution in [2.75, 3.05) is 18.2 Å². The number of hydrogen-bond acceptors (Lipinski definition) is 5. The molecule has 28 heavy (non-hydrogen) atoms. The van der Waals surface area contributed by atoms with Crippen LogP contribution in [0.4, 0.5) is 18.9 Å². The zero-order chi connectivity index (χ0) is 20.7. The number of esters is 1. The minimum atomic E-state index is -4.61. The standard InChI is InChI=1S/C19H18F3NO4S/c1-12(18(25)23-16-6-4-3-5-15(16)19(20,21)22)27-17(24)11-28-14-9-7-13(26-2)8-10-14/h3-10,12H,11H2,1-2H3,(H,23,25)/t12-/m1/s1. The van der Waals surface area contributed by atoms with Crippen molar-refractivity contribution >= 4 is 29.3 Å². The molecule has 9 heteroatoms. The van der Waals surface area contributed by atoms with Gasteiger partial charge in [-0.15, -0.1) is 11.8 Å². The van der Waals surface area contributed by atoms with E-state index in [9.17, 15) is 22.8 Å². The molecule has 2 aromatic carbocycles. The topological polar surface area (TPSA) is 64.6 Å². The Morgan fingerprint density at radius 3 is 2.36 bits per heavy atom. The zero-order valence-corrected chi connectivity index (χ0v) is 15.9. The van der Waals surface area contributed by atoms with Gasteiger partial charge < -0.3 is 14.8 Å². The Morgan fingerprint density at radius 1 is 1.11 bits per heavy atom. The molecular formula is C19H18F3NO4S. The maximum atomic E-state index is 13.0. The van der Waals surface area contributed by atoms with Crippen LogP contribution in [0.1, 0.15) is 12.5 Å². The van der Waals surface area contributed by atoms with Gasteiger partial charge in [-0.25, -0.2) is 0 Å². The van der Waals surface area contributed by atoms with Gasteiger partial charge in [0.05, 0.1) is 24.1 Å². The Morgan fingerprint density at radius 2 is 1.75 bits per heavy atom. The minimum absolute atomic E-state index is 0.0525. The summed E-state index contributed by atoms with van der Waals surface area (Å²) in [4.78, 5) is 24.8. The molecule has 0 aliphatic rings. The van der Waals surface area contributed by atoms with E-state index in [4.69, 9.17) is 9.47 Å². The average molecular weight is 413 g/mol. The lowest BCUT2D eigenvalue weighted by atomic mass is 10.1. The van der Waals surface area contributed by atoms with Crippen molar-refractivity contribution in [1.29, 1.82) is 0 Å². The summed E-state index contributed by atoms with van der Waals surface area (Å²) in [6.45, 7) is 1.29. The molecule has 150 valence electrons. The summed E-state index contributed by atoms with van der Waals surface area (Å²) in [5, 5.41) is 2.15. The number of amides is 1. The Balaban J connectivity index is 1.89. The lowest BCUT2D eigenvalue weighted by Crippen LogP contribution is -2.31. The monoisotopic (exact) mass is 413 g/mol. The van der Waals surface area contributed by atoms with Crippen molar-refractivity contribution in [3.05, 3.63) is 54.1 Å². The number of benzene rings is 2. The van der Waals surface area contributed by atoms with E-state index in [1.54, 1.807) is 31.4 Å². The molecule has 0 saturated carbocycles. The van der Waals surface area contributed by atoms with Gasteiger partial charge in [0.15, 0.2) is 6.10 Å². The molecule has 0 aliphatic carbocycles. The fourth-order valence-electron chi connectivity index (χ4n) is 2.17. The first-order valence-corrected chi connectivity index (χ1v) is 9.12. The summed E-state index contributed by atoms with van der Waals surface area (Å²) in [7, 11) is 1.54. The second kappa shape index (κ2) is 9.50. The fraction of sp³-hybridized carbons (Fsp3) is 0.263. The van der Waals surface area contributed by atoms with Gasteiger partial charge in [-0.3, -0.25) is 9.59 Å². The molecule has 0 saturated heterocycles. The number of thioether (sulfide) groups is 1. The van der Waals surface area contributed by atoms with Crippen LogP contribution < -0.4 is 10.1 Å². The molecule has 0 aliphatic heterocycles. The Kier molecular flexibility index (Phi) is 7.33. The van der Waals surface area contributed by atoms with Gasteiger partial charge in [0.1, 0.15) is 5.75 Å². The number of nitrogens with one attached hydrogen (secondary N) is 1. The first kappa shape index (κ1) is 21.6. The molecule has 0 heterocycles. The predicted molar refractivity (Wildman–Crippen MR) is 99.3 cm³/mol. The molecule has 1 N–H and O–H groups in total. The Hall–Kier alpha value is -2.68. The van der Waals surface area contributed by atoms with Crippen molar-refractivity contribution in [2.45, 2.75) is 24.1 Å². The van der Waals surface area contributed by atoms with Gasteiger partial charge in [0, 0.05) is 4.90 Å². The minimum Gasteiger partial charge on any atom is -0.497 e. The highest BCUT2D eigenvalue weighted by Gasteiger charge is 2.34. The zero-order valence-electron chi connectivity index (χ0n) is 15.1. The molecule has 2 rings (SSSR count). The van der Waals surface area contributed by atoms with E-state index in [-0.39, 0.29) is 5.75 Å². The van der Waals surface area contributed by atoms with Crippen LogP contribution in [0.3, 0.4) is 0 Å². The van der Waals surface area contributed by atoms with Crippen LogP contribution in [-0.2, 0) is 20.5 Å². The largest absolute Gasteiger partial charge is 0.497 e. The highest BCUT2D eigenvalue weighted by molar-refractivity contribution is 8.00. The van der Waals surface area contributed by atoms with Gasteiger partial charge in [-0.2, -0.15) is 13.2 Å². The van der Waals surface area contributed by atoms with Crippen molar-refractivity contribution in [1.82, 2.24) is 0 Å². The molecule has 0 radical (unpaired) electrons. The van der Waals surface area contributed by atoms with Gasteiger partial charge in [0.25, 0.3) is 5.91 Å². The number of hydrogen-bond donors (Lipinski definition) is 1. The maximum Gasteiger partial charge on any atom is 0.418 e. The van der Waals surface area contributed by atoms with Crippen LogP contribution in [0.25, 0.3) is 0 Å². The number of methoxy groups -OCH3 is 1. The number of para-hydroxylation sites is 1. The van der Waals surface area contributed by atoms with Crippen molar-refractivity contribution in [3.63, 3.8) is 0 Å². The molecule has 0 aromatic heterocycles. The van der Waals surface area contributed by atoms with Crippen LogP contribution in [0.5, 0.6) is 5.75 Å². The second-order valence-corrected chi connectivity index (χ2v) is 6.68. The number of ether oxygens (including phenoxy) is 2. The summed E-state index contributed by atoms with van der Waals surface area (Å²) in [5.74, 6) is -0.883. The molecule has 2 aromatic rings. The smallest absolute Gasteiger partial charge is 0.418 e. The summed E-state index contributed by atoms with van der Waals surface area (Å²) in [6, 6.07) is 11.6. The molecule has 1 atom stereocenters. The van der Waals surface area contributed by atoms with E-state index < -0.39 is 35.4 Å². The highest BCUT2D eigenvalue weighted by Crippen LogP contribution is 2.34. The van der Waals surface area contributed by atoms with Crippen LogP contribution in [0.2, 0.25) is 0 Å². The fourth-order valence-corrected chi connectivity index (χ4v) is 2.85. The molecule has 0 fully saturated rings. The molecule has 0 unspecified atom stereocenters. The van der Waals surface area contributed by atoms with Gasteiger partial charge in [-0.1, -0.05) is 12.1 Å².